The summed E-state index contributed by atoms with van der Waals surface area (Å²) >= 11 is 0. The van der Waals surface area contributed by atoms with E-state index in [9.17, 15) is 0 Å². The molecule has 0 amide bonds. The normalized spacial score (nSPS) is 12.7. The average molecular weight is 229 g/mol. The number of rotatable bonds is 9. The van der Waals surface area contributed by atoms with Crippen LogP contribution in [-0.4, -0.2) is 35.1 Å². The first kappa shape index (κ1) is 15.2. The summed E-state index contributed by atoms with van der Waals surface area (Å²) in [7, 11) is 0. The zero-order valence-corrected chi connectivity index (χ0v) is 10.9. The minimum Gasteiger partial charge on any atom is -0.409 e. The van der Waals surface area contributed by atoms with Gasteiger partial charge in [0.15, 0.2) is 0 Å². The molecule has 0 aliphatic carbocycles. The second-order valence-electron chi connectivity index (χ2n) is 4.53. The quantitative estimate of drug-likeness (QED) is 0.210. The van der Waals surface area contributed by atoms with Gasteiger partial charge in [0.05, 0.1) is 0 Å². The fourth-order valence-corrected chi connectivity index (χ4v) is 1.71. The Hall–Kier alpha value is -0.770. The number of oxime groups is 1. The van der Waals surface area contributed by atoms with Gasteiger partial charge in [-0.1, -0.05) is 24.9 Å². The summed E-state index contributed by atoms with van der Waals surface area (Å²) in [6.45, 7) is 8.84. The van der Waals surface area contributed by atoms with Gasteiger partial charge >= 0.3 is 0 Å². The highest BCUT2D eigenvalue weighted by atomic mass is 16.4. The van der Waals surface area contributed by atoms with Crippen molar-refractivity contribution in [2.45, 2.75) is 58.9 Å². The summed E-state index contributed by atoms with van der Waals surface area (Å²) < 4.78 is 0. The van der Waals surface area contributed by atoms with Crippen LogP contribution in [0.25, 0.3) is 0 Å². The summed E-state index contributed by atoms with van der Waals surface area (Å²) in [4.78, 5) is 2.46. The first-order valence-electron chi connectivity index (χ1n) is 6.32. The number of amidine groups is 1. The van der Waals surface area contributed by atoms with Gasteiger partial charge in [-0.3, -0.25) is 0 Å². The first-order valence-corrected chi connectivity index (χ1v) is 6.32. The minimum atomic E-state index is 0.331. The molecule has 0 heterocycles. The lowest BCUT2D eigenvalue weighted by atomic mass is 10.2. The van der Waals surface area contributed by atoms with E-state index in [1.165, 1.54) is 19.3 Å². The highest BCUT2D eigenvalue weighted by Crippen LogP contribution is 2.05. The second kappa shape index (κ2) is 9.46. The highest BCUT2D eigenvalue weighted by molar-refractivity contribution is 5.79. The van der Waals surface area contributed by atoms with Crippen molar-refractivity contribution in [3.05, 3.63) is 0 Å². The van der Waals surface area contributed by atoms with Crippen molar-refractivity contribution in [3.8, 4) is 0 Å². The predicted molar refractivity (Wildman–Crippen MR) is 68.9 cm³/mol. The minimum absolute atomic E-state index is 0.331. The lowest BCUT2D eigenvalue weighted by Gasteiger charge is -2.26. The van der Waals surface area contributed by atoms with Crippen molar-refractivity contribution in [1.82, 2.24) is 4.90 Å². The molecule has 0 spiro atoms. The van der Waals surface area contributed by atoms with Crippen molar-refractivity contribution in [2.75, 3.05) is 13.1 Å². The van der Waals surface area contributed by atoms with Crippen LogP contribution in [0.5, 0.6) is 0 Å². The molecule has 0 aromatic rings. The second-order valence-corrected chi connectivity index (χ2v) is 4.53. The molecule has 0 aromatic heterocycles. The molecule has 16 heavy (non-hydrogen) atoms. The smallest absolute Gasteiger partial charge is 0.139 e. The Morgan fingerprint density at radius 3 is 2.38 bits per heavy atom. The van der Waals surface area contributed by atoms with E-state index in [0.29, 0.717) is 18.3 Å². The third-order valence-electron chi connectivity index (χ3n) is 2.79. The van der Waals surface area contributed by atoms with Crippen molar-refractivity contribution in [3.63, 3.8) is 0 Å². The Morgan fingerprint density at radius 2 is 1.88 bits per heavy atom. The zero-order valence-electron chi connectivity index (χ0n) is 10.9. The van der Waals surface area contributed by atoms with E-state index in [2.05, 4.69) is 30.8 Å². The van der Waals surface area contributed by atoms with E-state index in [1.54, 1.807) is 0 Å². The van der Waals surface area contributed by atoms with E-state index in [4.69, 9.17) is 10.9 Å². The zero-order chi connectivity index (χ0) is 12.4. The van der Waals surface area contributed by atoms with Crippen LogP contribution >= 0.6 is 0 Å². The SMILES string of the molecule is CCCCCN(CCCC(N)=NO)C(C)C. The molecule has 0 bridgehead atoms. The van der Waals surface area contributed by atoms with Gasteiger partial charge in [0.2, 0.25) is 0 Å². The molecule has 4 nitrogen and oxygen atoms in total. The van der Waals surface area contributed by atoms with Gasteiger partial charge in [-0.25, -0.2) is 0 Å². The van der Waals surface area contributed by atoms with E-state index in [0.717, 1.165) is 19.5 Å². The molecule has 0 radical (unpaired) electrons. The monoisotopic (exact) mass is 229 g/mol. The van der Waals surface area contributed by atoms with E-state index in [-0.39, 0.29) is 0 Å². The summed E-state index contributed by atoms with van der Waals surface area (Å²) in [5.41, 5.74) is 5.44. The summed E-state index contributed by atoms with van der Waals surface area (Å²) in [5.74, 6) is 0.331. The summed E-state index contributed by atoms with van der Waals surface area (Å²) in [5, 5.41) is 11.4. The van der Waals surface area contributed by atoms with Crippen molar-refractivity contribution < 1.29 is 5.21 Å². The molecule has 3 N–H and O–H groups in total. The molecule has 0 unspecified atom stereocenters. The van der Waals surface area contributed by atoms with Crippen LogP contribution in [0.4, 0.5) is 0 Å². The van der Waals surface area contributed by atoms with Crippen molar-refractivity contribution in [1.29, 1.82) is 0 Å². The molecular formula is C12H27N3O. The number of nitrogens with two attached hydrogens (primary N) is 1. The third kappa shape index (κ3) is 7.51. The molecule has 96 valence electrons. The van der Waals surface area contributed by atoms with Crippen LogP contribution in [0.3, 0.4) is 0 Å². The van der Waals surface area contributed by atoms with E-state index >= 15 is 0 Å². The average Bonchev–Trinajstić information content (AvgIpc) is 2.26. The first-order chi connectivity index (χ1) is 7.61. The Labute approximate surface area is 99.5 Å². The van der Waals surface area contributed by atoms with Crippen LogP contribution in [0.15, 0.2) is 5.16 Å². The van der Waals surface area contributed by atoms with Crippen molar-refractivity contribution in [2.24, 2.45) is 10.9 Å². The largest absolute Gasteiger partial charge is 0.409 e. The fraction of sp³-hybridized carbons (Fsp3) is 0.917. The number of hydrogen-bond donors (Lipinski definition) is 2. The lowest BCUT2D eigenvalue weighted by molar-refractivity contribution is 0.215. The predicted octanol–water partition coefficient (Wildman–Crippen LogP) is 2.41. The van der Waals surface area contributed by atoms with Gasteiger partial charge in [0.25, 0.3) is 0 Å². The number of hydrogen-bond acceptors (Lipinski definition) is 3. The Balaban J connectivity index is 3.76. The van der Waals surface area contributed by atoms with E-state index in [1.807, 2.05) is 0 Å². The molecule has 0 saturated carbocycles. The summed E-state index contributed by atoms with van der Waals surface area (Å²) in [6, 6.07) is 0.573. The maximum absolute atomic E-state index is 8.43. The van der Waals surface area contributed by atoms with Gasteiger partial charge in [0, 0.05) is 12.5 Å². The fourth-order valence-electron chi connectivity index (χ4n) is 1.71. The van der Waals surface area contributed by atoms with Gasteiger partial charge < -0.3 is 15.8 Å². The highest BCUT2D eigenvalue weighted by Gasteiger charge is 2.08. The molecule has 0 aromatic carbocycles. The Morgan fingerprint density at radius 1 is 1.25 bits per heavy atom. The third-order valence-corrected chi connectivity index (χ3v) is 2.79. The topological polar surface area (TPSA) is 61.8 Å². The summed E-state index contributed by atoms with van der Waals surface area (Å²) in [6.07, 6.45) is 5.45. The maximum atomic E-state index is 8.43. The van der Waals surface area contributed by atoms with Crippen LogP contribution in [0.1, 0.15) is 52.9 Å². The van der Waals surface area contributed by atoms with Gasteiger partial charge in [-0.2, -0.15) is 0 Å². The van der Waals surface area contributed by atoms with Gasteiger partial charge in [0.1, 0.15) is 5.84 Å². The van der Waals surface area contributed by atoms with Gasteiger partial charge in [-0.15, -0.1) is 0 Å². The van der Waals surface area contributed by atoms with Crippen molar-refractivity contribution >= 4 is 5.84 Å². The number of unbranched alkanes of at least 4 members (excludes halogenated alkanes) is 2. The van der Waals surface area contributed by atoms with Crippen LogP contribution in [-0.2, 0) is 0 Å². The molecule has 0 aliphatic heterocycles. The molecule has 0 rings (SSSR count). The maximum Gasteiger partial charge on any atom is 0.139 e. The molecular weight excluding hydrogens is 202 g/mol. The Bertz CT molecular complexity index is 193. The molecule has 4 heteroatoms. The lowest BCUT2D eigenvalue weighted by Crippen LogP contribution is -2.33. The molecule has 0 atom stereocenters. The van der Waals surface area contributed by atoms with Crippen LogP contribution in [0.2, 0.25) is 0 Å². The molecule has 0 fully saturated rings. The standard InChI is InChI=1S/C12H27N3O/c1-4-5-6-9-15(11(2)3)10-7-8-12(13)14-16/h11,16H,4-10H2,1-3H3,(H2,13,14). The number of nitrogens with zero attached hydrogens (tertiary/aromatic N) is 2. The van der Waals surface area contributed by atoms with Gasteiger partial charge in [-0.05, 0) is 39.8 Å². The molecule has 0 saturated heterocycles. The molecule has 0 aliphatic rings. The van der Waals surface area contributed by atoms with Crippen LogP contribution in [0, 0.1) is 0 Å². The van der Waals surface area contributed by atoms with Crippen LogP contribution < -0.4 is 5.73 Å². The Kier molecular flexibility index (Phi) is 9.00. The van der Waals surface area contributed by atoms with E-state index < -0.39 is 0 Å².